The van der Waals surface area contributed by atoms with Crippen molar-refractivity contribution in [3.8, 4) is 0 Å². The van der Waals surface area contributed by atoms with Crippen molar-refractivity contribution in [2.24, 2.45) is 5.92 Å². The molecule has 0 unspecified atom stereocenters. The molecular formula is C20H35ClN4O2S. The Morgan fingerprint density at radius 2 is 2.04 bits per heavy atom. The number of piperidine rings is 1. The van der Waals surface area contributed by atoms with Crippen molar-refractivity contribution in [1.29, 1.82) is 0 Å². The number of halogens is 1. The fourth-order valence-electron chi connectivity index (χ4n) is 4.07. The maximum absolute atomic E-state index is 6.46. The lowest BCUT2D eigenvalue weighted by Crippen LogP contribution is -2.41. The Labute approximate surface area is 178 Å². The first-order chi connectivity index (χ1) is 13.5. The van der Waals surface area contributed by atoms with Crippen molar-refractivity contribution in [1.82, 2.24) is 14.8 Å². The van der Waals surface area contributed by atoms with E-state index in [1.807, 2.05) is 19.0 Å². The number of methoxy groups -OCH3 is 1. The third-order valence-electron chi connectivity index (χ3n) is 5.71. The first-order valence-electron chi connectivity index (χ1n) is 10.4. The Balaban J connectivity index is 1.58. The predicted molar refractivity (Wildman–Crippen MR) is 117 cm³/mol. The van der Waals surface area contributed by atoms with Crippen LogP contribution in [0.5, 0.6) is 0 Å². The number of nitrogens with zero attached hydrogens (tertiary/aromatic N) is 4. The highest BCUT2D eigenvalue weighted by molar-refractivity contribution is 7.16. The first kappa shape index (κ1) is 22.2. The number of thiazole rings is 1. The van der Waals surface area contributed by atoms with Crippen LogP contribution in [0.25, 0.3) is 0 Å². The minimum atomic E-state index is 0.363. The molecule has 28 heavy (non-hydrogen) atoms. The minimum Gasteiger partial charge on any atom is -0.383 e. The van der Waals surface area contributed by atoms with Crippen LogP contribution in [0.15, 0.2) is 0 Å². The molecule has 2 saturated heterocycles. The van der Waals surface area contributed by atoms with Gasteiger partial charge in [0.25, 0.3) is 0 Å². The van der Waals surface area contributed by atoms with Crippen molar-refractivity contribution in [3.63, 3.8) is 0 Å². The molecule has 2 fully saturated rings. The molecule has 3 rings (SSSR count). The van der Waals surface area contributed by atoms with E-state index in [1.165, 1.54) is 43.6 Å². The smallest absolute Gasteiger partial charge is 0.186 e. The lowest BCUT2D eigenvalue weighted by atomic mass is 9.96. The molecule has 2 aliphatic rings. The van der Waals surface area contributed by atoms with Gasteiger partial charge in [0.2, 0.25) is 0 Å². The van der Waals surface area contributed by atoms with Gasteiger partial charge in [-0.2, -0.15) is 0 Å². The van der Waals surface area contributed by atoms with Gasteiger partial charge in [-0.15, -0.1) is 0 Å². The van der Waals surface area contributed by atoms with E-state index in [1.54, 1.807) is 18.4 Å². The van der Waals surface area contributed by atoms with E-state index in [9.17, 15) is 0 Å². The number of ether oxygens (including phenoxy) is 2. The average Bonchev–Trinajstić information content (AvgIpc) is 3.31. The molecule has 0 amide bonds. The molecule has 160 valence electrons. The minimum absolute atomic E-state index is 0.363. The van der Waals surface area contributed by atoms with Crippen LogP contribution < -0.4 is 4.90 Å². The zero-order valence-electron chi connectivity index (χ0n) is 17.5. The second-order valence-electron chi connectivity index (χ2n) is 8.21. The zero-order chi connectivity index (χ0) is 19.9. The maximum atomic E-state index is 6.46. The molecule has 0 radical (unpaired) electrons. The number of hydrogen-bond acceptors (Lipinski definition) is 7. The number of aromatic nitrogens is 1. The van der Waals surface area contributed by atoms with Gasteiger partial charge in [0.1, 0.15) is 5.15 Å². The van der Waals surface area contributed by atoms with Crippen LogP contribution in [0.1, 0.15) is 30.6 Å². The van der Waals surface area contributed by atoms with Crippen LogP contribution in [-0.2, 0) is 16.0 Å². The number of likely N-dealkylation sites (tertiary alicyclic amines) is 1. The second kappa shape index (κ2) is 11.1. The molecular weight excluding hydrogens is 396 g/mol. The van der Waals surface area contributed by atoms with Gasteiger partial charge < -0.3 is 19.3 Å². The van der Waals surface area contributed by atoms with Gasteiger partial charge in [0.05, 0.1) is 17.6 Å². The molecule has 0 saturated carbocycles. The predicted octanol–water partition coefficient (Wildman–Crippen LogP) is 3.20. The summed E-state index contributed by atoms with van der Waals surface area (Å²) in [6, 6.07) is 0. The molecule has 0 aromatic carbocycles. The Morgan fingerprint density at radius 3 is 2.64 bits per heavy atom. The van der Waals surface area contributed by atoms with Crippen molar-refractivity contribution < 1.29 is 9.47 Å². The third kappa shape index (κ3) is 6.54. The fraction of sp³-hybridized carbons (Fsp3) is 0.850. The lowest BCUT2D eigenvalue weighted by molar-refractivity contribution is 0.0555. The standard InChI is InChI=1S/C20H35ClN4O2S/c1-23(2)20-22-19(21)18(28-20)15-25(14-17-5-4-11-27-17)13-16-6-8-24(9-7-16)10-12-26-3/h16-17H,4-15H2,1-3H3/t17-/m1/s1. The Bertz CT molecular complexity index is 587. The van der Waals surface area contributed by atoms with Gasteiger partial charge in [0, 0.05) is 54.0 Å². The van der Waals surface area contributed by atoms with Gasteiger partial charge in [-0.25, -0.2) is 4.98 Å². The third-order valence-corrected chi connectivity index (χ3v) is 7.34. The summed E-state index contributed by atoms with van der Waals surface area (Å²) < 4.78 is 11.2. The van der Waals surface area contributed by atoms with Crippen LogP contribution in [0, 0.1) is 5.92 Å². The molecule has 1 atom stereocenters. The van der Waals surface area contributed by atoms with Crippen LogP contribution in [0.4, 0.5) is 5.13 Å². The van der Waals surface area contributed by atoms with Gasteiger partial charge >= 0.3 is 0 Å². The van der Waals surface area contributed by atoms with E-state index in [4.69, 9.17) is 21.1 Å². The largest absolute Gasteiger partial charge is 0.383 e. The molecule has 0 aliphatic carbocycles. The summed E-state index contributed by atoms with van der Waals surface area (Å²) in [5.41, 5.74) is 0. The van der Waals surface area contributed by atoms with E-state index in [0.29, 0.717) is 11.3 Å². The SMILES string of the molecule is COCCN1CCC(CN(Cc2sc(N(C)C)nc2Cl)C[C@H]2CCCO2)CC1. The highest BCUT2D eigenvalue weighted by atomic mass is 35.5. The van der Waals surface area contributed by atoms with Crippen molar-refractivity contribution in [3.05, 3.63) is 10.0 Å². The van der Waals surface area contributed by atoms with Crippen molar-refractivity contribution in [2.75, 3.05) is 72.0 Å². The van der Waals surface area contributed by atoms with Gasteiger partial charge in [-0.3, -0.25) is 4.90 Å². The van der Waals surface area contributed by atoms with E-state index in [-0.39, 0.29) is 0 Å². The summed E-state index contributed by atoms with van der Waals surface area (Å²) in [4.78, 5) is 12.8. The zero-order valence-corrected chi connectivity index (χ0v) is 19.1. The number of rotatable bonds is 10. The van der Waals surface area contributed by atoms with Crippen LogP contribution in [0.2, 0.25) is 5.15 Å². The van der Waals surface area contributed by atoms with Crippen LogP contribution in [-0.4, -0.2) is 88.0 Å². The summed E-state index contributed by atoms with van der Waals surface area (Å²) in [7, 11) is 5.81. The summed E-state index contributed by atoms with van der Waals surface area (Å²) in [5, 5.41) is 1.63. The number of hydrogen-bond donors (Lipinski definition) is 0. The molecule has 0 N–H and O–H groups in total. The molecule has 2 aliphatic heterocycles. The Morgan fingerprint density at radius 1 is 1.25 bits per heavy atom. The summed E-state index contributed by atoms with van der Waals surface area (Å²) in [6.45, 7) is 8.11. The normalized spacial score (nSPS) is 21.7. The van der Waals surface area contributed by atoms with E-state index < -0.39 is 0 Å². The highest BCUT2D eigenvalue weighted by Crippen LogP contribution is 2.31. The molecule has 8 heteroatoms. The van der Waals surface area contributed by atoms with Gasteiger partial charge in [0.15, 0.2) is 5.13 Å². The monoisotopic (exact) mass is 430 g/mol. The van der Waals surface area contributed by atoms with E-state index >= 15 is 0 Å². The lowest BCUT2D eigenvalue weighted by Gasteiger charge is -2.35. The summed E-state index contributed by atoms with van der Waals surface area (Å²) in [6.07, 6.45) is 5.23. The molecule has 3 heterocycles. The van der Waals surface area contributed by atoms with Gasteiger partial charge in [-0.1, -0.05) is 22.9 Å². The Hall–Kier alpha value is -0.440. The van der Waals surface area contributed by atoms with Crippen molar-refractivity contribution in [2.45, 2.75) is 38.3 Å². The second-order valence-corrected chi connectivity index (χ2v) is 9.63. The summed E-state index contributed by atoms with van der Waals surface area (Å²) >= 11 is 8.16. The molecule has 1 aromatic rings. The fourth-order valence-corrected chi connectivity index (χ4v) is 5.29. The Kier molecular flexibility index (Phi) is 8.81. The van der Waals surface area contributed by atoms with Crippen molar-refractivity contribution >= 4 is 28.1 Å². The molecule has 0 bridgehead atoms. The topological polar surface area (TPSA) is 41.1 Å². The van der Waals surface area contributed by atoms with Crippen LogP contribution >= 0.6 is 22.9 Å². The van der Waals surface area contributed by atoms with E-state index in [2.05, 4.69) is 14.8 Å². The molecule has 0 spiro atoms. The quantitative estimate of drug-likeness (QED) is 0.567. The highest BCUT2D eigenvalue weighted by Gasteiger charge is 2.26. The summed E-state index contributed by atoms with van der Waals surface area (Å²) in [5.74, 6) is 0.736. The van der Waals surface area contributed by atoms with E-state index in [0.717, 1.165) is 50.4 Å². The average molecular weight is 431 g/mol. The molecule has 6 nitrogen and oxygen atoms in total. The number of anilines is 1. The maximum Gasteiger partial charge on any atom is 0.186 e. The van der Waals surface area contributed by atoms with Gasteiger partial charge in [-0.05, 0) is 44.7 Å². The molecule has 1 aromatic heterocycles. The first-order valence-corrected chi connectivity index (χ1v) is 11.6. The van der Waals surface area contributed by atoms with Crippen LogP contribution in [0.3, 0.4) is 0 Å².